The van der Waals surface area contributed by atoms with E-state index in [-0.39, 0.29) is 6.09 Å². The molecule has 0 N–H and O–H groups in total. The highest BCUT2D eigenvalue weighted by Gasteiger charge is 2.20. The van der Waals surface area contributed by atoms with Gasteiger partial charge in [-0.1, -0.05) is 6.92 Å². The number of cyclic esters (lactones) is 1. The topological polar surface area (TPSA) is 29.5 Å². The van der Waals surface area contributed by atoms with Crippen LogP contribution in [0.3, 0.4) is 0 Å². The number of carbonyl (C=O) groups is 1. The van der Waals surface area contributed by atoms with E-state index in [1.807, 2.05) is 11.8 Å². The van der Waals surface area contributed by atoms with Gasteiger partial charge < -0.3 is 9.64 Å². The van der Waals surface area contributed by atoms with Crippen molar-refractivity contribution in [1.29, 1.82) is 0 Å². The molecule has 1 rings (SSSR count). The minimum atomic E-state index is -0.151. The lowest BCUT2D eigenvalue weighted by Crippen LogP contribution is -2.26. The number of carbonyl (C=O) groups excluding carboxylic acids is 1. The van der Waals surface area contributed by atoms with Crippen molar-refractivity contribution in [1.82, 2.24) is 4.90 Å². The molecule has 0 aromatic carbocycles. The second-order valence-electron chi connectivity index (χ2n) is 2.30. The van der Waals surface area contributed by atoms with Gasteiger partial charge in [-0.3, -0.25) is 0 Å². The van der Waals surface area contributed by atoms with Crippen LogP contribution in [0.5, 0.6) is 0 Å². The fourth-order valence-corrected chi connectivity index (χ4v) is 1.59. The van der Waals surface area contributed by atoms with Gasteiger partial charge in [0.05, 0.1) is 6.54 Å². The van der Waals surface area contributed by atoms with Crippen molar-refractivity contribution < 1.29 is 9.53 Å². The van der Waals surface area contributed by atoms with Gasteiger partial charge in [-0.25, -0.2) is 4.79 Å². The van der Waals surface area contributed by atoms with Crippen molar-refractivity contribution in [2.24, 2.45) is 0 Å². The van der Waals surface area contributed by atoms with Crippen LogP contribution in [-0.2, 0) is 4.74 Å². The van der Waals surface area contributed by atoms with Gasteiger partial charge in [-0.15, -0.1) is 0 Å². The van der Waals surface area contributed by atoms with Crippen molar-refractivity contribution >= 4 is 17.9 Å². The van der Waals surface area contributed by atoms with Gasteiger partial charge in [0.1, 0.15) is 6.61 Å². The Morgan fingerprint density at radius 2 is 2.55 bits per heavy atom. The summed E-state index contributed by atoms with van der Waals surface area (Å²) in [4.78, 5) is 12.6. The maximum absolute atomic E-state index is 10.9. The van der Waals surface area contributed by atoms with E-state index in [9.17, 15) is 4.79 Å². The number of amides is 1. The highest BCUT2D eigenvalue weighted by molar-refractivity contribution is 7.99. The molecule has 0 aromatic rings. The molecule has 1 amide bonds. The summed E-state index contributed by atoms with van der Waals surface area (Å²) in [6.07, 6.45) is -0.151. The Balaban J connectivity index is 2.10. The molecular formula is C7H13NO2S. The molecule has 64 valence electrons. The summed E-state index contributed by atoms with van der Waals surface area (Å²) in [7, 11) is 0. The molecule has 4 heteroatoms. The molecule has 0 saturated carbocycles. The molecule has 1 aliphatic rings. The van der Waals surface area contributed by atoms with Crippen LogP contribution in [0.15, 0.2) is 0 Å². The van der Waals surface area contributed by atoms with E-state index >= 15 is 0 Å². The highest BCUT2D eigenvalue weighted by Crippen LogP contribution is 2.05. The molecule has 0 spiro atoms. The first-order chi connectivity index (χ1) is 5.34. The zero-order valence-corrected chi connectivity index (χ0v) is 7.52. The monoisotopic (exact) mass is 175 g/mol. The van der Waals surface area contributed by atoms with Crippen LogP contribution in [0, 0.1) is 0 Å². The van der Waals surface area contributed by atoms with Crippen LogP contribution in [0.4, 0.5) is 4.79 Å². The number of nitrogens with zero attached hydrogens (tertiary/aromatic N) is 1. The van der Waals surface area contributed by atoms with Gasteiger partial charge in [0.15, 0.2) is 0 Å². The van der Waals surface area contributed by atoms with Crippen molar-refractivity contribution in [2.45, 2.75) is 6.92 Å². The van der Waals surface area contributed by atoms with E-state index < -0.39 is 0 Å². The number of thioether (sulfide) groups is 1. The minimum Gasteiger partial charge on any atom is -0.448 e. The smallest absolute Gasteiger partial charge is 0.409 e. The van der Waals surface area contributed by atoms with Gasteiger partial charge in [0.2, 0.25) is 0 Å². The first-order valence-electron chi connectivity index (χ1n) is 3.84. The van der Waals surface area contributed by atoms with E-state index in [0.29, 0.717) is 6.61 Å². The fraction of sp³-hybridized carbons (Fsp3) is 0.857. The molecule has 1 saturated heterocycles. The zero-order chi connectivity index (χ0) is 8.10. The highest BCUT2D eigenvalue weighted by atomic mass is 32.2. The lowest BCUT2D eigenvalue weighted by atomic mass is 10.6. The summed E-state index contributed by atoms with van der Waals surface area (Å²) >= 11 is 1.85. The molecule has 0 bridgehead atoms. The molecule has 0 atom stereocenters. The molecule has 0 radical (unpaired) electrons. The van der Waals surface area contributed by atoms with Crippen LogP contribution in [0.2, 0.25) is 0 Å². The average Bonchev–Trinajstić information content (AvgIpc) is 2.37. The Hall–Kier alpha value is -0.380. The van der Waals surface area contributed by atoms with Gasteiger partial charge in [-0.2, -0.15) is 11.8 Å². The fourth-order valence-electron chi connectivity index (χ4n) is 0.948. The Labute approximate surface area is 71.1 Å². The second-order valence-corrected chi connectivity index (χ2v) is 3.69. The first-order valence-corrected chi connectivity index (χ1v) is 4.99. The molecule has 0 unspecified atom stereocenters. The third-order valence-corrected chi connectivity index (χ3v) is 2.43. The van der Waals surface area contributed by atoms with E-state index in [1.165, 1.54) is 0 Å². The molecular weight excluding hydrogens is 162 g/mol. The molecule has 3 nitrogen and oxygen atoms in total. The maximum atomic E-state index is 10.9. The number of ether oxygens (including phenoxy) is 1. The van der Waals surface area contributed by atoms with Crippen LogP contribution >= 0.6 is 11.8 Å². The Morgan fingerprint density at radius 1 is 1.73 bits per heavy atom. The predicted molar refractivity (Wildman–Crippen MR) is 45.9 cm³/mol. The van der Waals surface area contributed by atoms with E-state index in [1.54, 1.807) is 4.90 Å². The van der Waals surface area contributed by atoms with Crippen LogP contribution in [0.25, 0.3) is 0 Å². The third kappa shape index (κ3) is 2.61. The molecule has 0 aromatic heterocycles. The van der Waals surface area contributed by atoms with Crippen LogP contribution in [-0.4, -0.2) is 42.2 Å². The quantitative estimate of drug-likeness (QED) is 0.601. The number of hydrogen-bond acceptors (Lipinski definition) is 3. The Kier molecular flexibility index (Phi) is 3.56. The van der Waals surface area contributed by atoms with Crippen molar-refractivity contribution in [3.63, 3.8) is 0 Å². The predicted octanol–water partition coefficient (Wildman–Crippen LogP) is 1.19. The minimum absolute atomic E-state index is 0.151. The standard InChI is InChI=1S/C7H13NO2S/c1-2-11-6-4-8-3-5-10-7(8)9/h2-6H2,1H3. The number of hydrogen-bond donors (Lipinski definition) is 0. The summed E-state index contributed by atoms with van der Waals surface area (Å²) < 4.78 is 4.77. The van der Waals surface area contributed by atoms with E-state index in [0.717, 1.165) is 24.6 Å². The molecule has 1 heterocycles. The summed E-state index contributed by atoms with van der Waals surface area (Å²) in [6, 6.07) is 0. The van der Waals surface area contributed by atoms with E-state index in [2.05, 4.69) is 6.92 Å². The molecule has 0 aliphatic carbocycles. The van der Waals surface area contributed by atoms with Crippen molar-refractivity contribution in [2.75, 3.05) is 31.2 Å². The summed E-state index contributed by atoms with van der Waals surface area (Å²) in [5.41, 5.74) is 0. The first kappa shape index (κ1) is 8.71. The summed E-state index contributed by atoms with van der Waals surface area (Å²) in [6.45, 7) is 4.28. The lowest BCUT2D eigenvalue weighted by molar-refractivity contribution is 0.160. The summed E-state index contributed by atoms with van der Waals surface area (Å²) in [5.74, 6) is 2.13. The Morgan fingerprint density at radius 3 is 3.09 bits per heavy atom. The van der Waals surface area contributed by atoms with Crippen LogP contribution < -0.4 is 0 Å². The SMILES string of the molecule is CCSCCN1CCOC1=O. The van der Waals surface area contributed by atoms with E-state index in [4.69, 9.17) is 4.74 Å². The molecule has 11 heavy (non-hydrogen) atoms. The normalized spacial score (nSPS) is 17.2. The van der Waals surface area contributed by atoms with Gasteiger partial charge in [0, 0.05) is 12.3 Å². The lowest BCUT2D eigenvalue weighted by Gasteiger charge is -2.10. The third-order valence-electron chi connectivity index (χ3n) is 1.55. The second kappa shape index (κ2) is 4.49. The average molecular weight is 175 g/mol. The van der Waals surface area contributed by atoms with Crippen molar-refractivity contribution in [3.05, 3.63) is 0 Å². The molecule has 1 aliphatic heterocycles. The number of rotatable bonds is 4. The zero-order valence-electron chi connectivity index (χ0n) is 6.71. The summed E-state index contributed by atoms with van der Waals surface area (Å²) in [5, 5.41) is 0. The van der Waals surface area contributed by atoms with Crippen molar-refractivity contribution in [3.8, 4) is 0 Å². The largest absolute Gasteiger partial charge is 0.448 e. The van der Waals surface area contributed by atoms with Gasteiger partial charge >= 0.3 is 6.09 Å². The maximum Gasteiger partial charge on any atom is 0.409 e. The van der Waals surface area contributed by atoms with Gasteiger partial charge in [0.25, 0.3) is 0 Å². The Bertz CT molecular complexity index is 140. The van der Waals surface area contributed by atoms with Gasteiger partial charge in [-0.05, 0) is 5.75 Å². The molecule has 1 fully saturated rings. The van der Waals surface area contributed by atoms with Crippen LogP contribution in [0.1, 0.15) is 6.92 Å².